The van der Waals surface area contributed by atoms with Crippen LogP contribution in [0.4, 0.5) is 10.1 Å². The number of anilines is 1. The summed E-state index contributed by atoms with van der Waals surface area (Å²) in [6.07, 6.45) is 0. The molecule has 98 valence electrons. The van der Waals surface area contributed by atoms with Crippen molar-refractivity contribution < 1.29 is 9.18 Å². The van der Waals surface area contributed by atoms with Gasteiger partial charge in [0.2, 0.25) is 0 Å². The molecule has 5 heteroatoms. The number of aryl methyl sites for hydroxylation is 1. The summed E-state index contributed by atoms with van der Waals surface area (Å²) < 4.78 is 15.0. The first-order chi connectivity index (χ1) is 8.97. The van der Waals surface area contributed by atoms with Gasteiger partial charge in [-0.05, 0) is 58.7 Å². The molecule has 2 rings (SSSR count). The predicted molar refractivity (Wildman–Crippen MR) is 80.9 cm³/mol. The molecule has 0 heterocycles. The van der Waals surface area contributed by atoms with Crippen molar-refractivity contribution >= 4 is 43.5 Å². The van der Waals surface area contributed by atoms with E-state index in [9.17, 15) is 9.18 Å². The highest BCUT2D eigenvalue weighted by atomic mass is 79.9. The van der Waals surface area contributed by atoms with Crippen molar-refractivity contribution in [1.29, 1.82) is 0 Å². The number of benzene rings is 2. The van der Waals surface area contributed by atoms with E-state index in [-0.39, 0.29) is 5.56 Å². The SMILES string of the molecule is Cc1ccc(NC(=O)c2cc(Br)ccc2F)c(Br)c1. The van der Waals surface area contributed by atoms with Gasteiger partial charge in [0.1, 0.15) is 5.82 Å². The van der Waals surface area contributed by atoms with E-state index in [1.54, 1.807) is 12.1 Å². The Morgan fingerprint density at radius 1 is 1.16 bits per heavy atom. The summed E-state index contributed by atoms with van der Waals surface area (Å²) in [6, 6.07) is 9.78. The Labute approximate surface area is 127 Å². The highest BCUT2D eigenvalue weighted by Gasteiger charge is 2.13. The molecular weight excluding hydrogens is 377 g/mol. The molecule has 0 saturated heterocycles. The second-order valence-corrected chi connectivity index (χ2v) is 5.83. The molecule has 0 spiro atoms. The third kappa shape index (κ3) is 3.42. The van der Waals surface area contributed by atoms with Crippen LogP contribution < -0.4 is 5.32 Å². The maximum atomic E-state index is 13.6. The maximum absolute atomic E-state index is 13.6. The van der Waals surface area contributed by atoms with E-state index in [0.29, 0.717) is 10.2 Å². The van der Waals surface area contributed by atoms with Crippen LogP contribution in [0.5, 0.6) is 0 Å². The van der Waals surface area contributed by atoms with E-state index in [1.165, 1.54) is 12.1 Å². The van der Waals surface area contributed by atoms with Gasteiger partial charge < -0.3 is 5.32 Å². The smallest absolute Gasteiger partial charge is 0.258 e. The molecule has 2 aromatic carbocycles. The number of carbonyl (C=O) groups is 1. The molecule has 1 N–H and O–H groups in total. The standard InChI is InChI=1S/C14H10Br2FNO/c1-8-2-5-13(11(16)6-8)18-14(19)10-7-9(15)3-4-12(10)17/h2-7H,1H3,(H,18,19). The van der Waals surface area contributed by atoms with Crippen molar-refractivity contribution in [1.82, 2.24) is 0 Å². The summed E-state index contributed by atoms with van der Waals surface area (Å²) in [6.45, 7) is 1.95. The zero-order valence-electron chi connectivity index (χ0n) is 10.0. The van der Waals surface area contributed by atoms with Crippen LogP contribution in [0.3, 0.4) is 0 Å². The molecule has 1 amide bonds. The minimum absolute atomic E-state index is 0.00171. The topological polar surface area (TPSA) is 29.1 Å². The quantitative estimate of drug-likeness (QED) is 0.780. The molecule has 0 unspecified atom stereocenters. The Morgan fingerprint density at radius 3 is 2.58 bits per heavy atom. The lowest BCUT2D eigenvalue weighted by Gasteiger charge is -2.09. The fourth-order valence-corrected chi connectivity index (χ4v) is 2.54. The number of rotatable bonds is 2. The zero-order valence-corrected chi connectivity index (χ0v) is 13.2. The van der Waals surface area contributed by atoms with Crippen molar-refractivity contribution in [3.63, 3.8) is 0 Å². The van der Waals surface area contributed by atoms with Crippen molar-refractivity contribution in [3.8, 4) is 0 Å². The van der Waals surface area contributed by atoms with Crippen molar-refractivity contribution in [2.75, 3.05) is 5.32 Å². The molecule has 0 aliphatic rings. The first-order valence-corrected chi connectivity index (χ1v) is 7.08. The third-order valence-corrected chi connectivity index (χ3v) is 3.70. The van der Waals surface area contributed by atoms with Crippen LogP contribution in [0.2, 0.25) is 0 Å². The molecule has 0 aliphatic carbocycles. The van der Waals surface area contributed by atoms with Crippen LogP contribution >= 0.6 is 31.9 Å². The summed E-state index contributed by atoms with van der Waals surface area (Å²) in [5.41, 5.74) is 1.68. The molecule has 2 nitrogen and oxygen atoms in total. The molecule has 0 bridgehead atoms. The average molecular weight is 387 g/mol. The Morgan fingerprint density at radius 2 is 1.89 bits per heavy atom. The highest BCUT2D eigenvalue weighted by molar-refractivity contribution is 9.10. The summed E-state index contributed by atoms with van der Waals surface area (Å²) in [7, 11) is 0. The van der Waals surface area contributed by atoms with Crippen molar-refractivity contribution in [3.05, 3.63) is 62.3 Å². The van der Waals surface area contributed by atoms with Gasteiger partial charge in [-0.15, -0.1) is 0 Å². The number of hydrogen-bond donors (Lipinski definition) is 1. The minimum atomic E-state index is -0.552. The first-order valence-electron chi connectivity index (χ1n) is 5.50. The summed E-state index contributed by atoms with van der Waals surface area (Å²) in [4.78, 5) is 12.0. The molecule has 0 aromatic heterocycles. The number of hydrogen-bond acceptors (Lipinski definition) is 1. The lowest BCUT2D eigenvalue weighted by molar-refractivity contribution is 0.102. The van der Waals surface area contributed by atoms with Gasteiger partial charge in [0.15, 0.2) is 0 Å². The van der Waals surface area contributed by atoms with E-state index < -0.39 is 11.7 Å². The Bertz CT molecular complexity index is 643. The average Bonchev–Trinajstić information content (AvgIpc) is 2.35. The van der Waals surface area contributed by atoms with Gasteiger partial charge >= 0.3 is 0 Å². The third-order valence-electron chi connectivity index (χ3n) is 2.55. The molecule has 19 heavy (non-hydrogen) atoms. The van der Waals surface area contributed by atoms with E-state index in [2.05, 4.69) is 37.2 Å². The van der Waals surface area contributed by atoms with E-state index in [1.807, 2.05) is 19.1 Å². The molecule has 0 saturated carbocycles. The normalized spacial score (nSPS) is 10.3. The van der Waals surface area contributed by atoms with Crippen LogP contribution in [-0.4, -0.2) is 5.91 Å². The van der Waals surface area contributed by atoms with E-state index in [4.69, 9.17) is 0 Å². The second-order valence-electron chi connectivity index (χ2n) is 4.06. The summed E-state index contributed by atoms with van der Waals surface area (Å²) >= 11 is 6.58. The van der Waals surface area contributed by atoms with E-state index >= 15 is 0 Å². The van der Waals surface area contributed by atoms with Crippen LogP contribution in [0.1, 0.15) is 15.9 Å². The maximum Gasteiger partial charge on any atom is 0.258 e. The summed E-state index contributed by atoms with van der Waals surface area (Å²) in [5.74, 6) is -1.03. The monoisotopic (exact) mass is 385 g/mol. The van der Waals surface area contributed by atoms with Gasteiger partial charge in [-0.1, -0.05) is 22.0 Å². The first kappa shape index (κ1) is 14.2. The van der Waals surface area contributed by atoms with Crippen molar-refractivity contribution in [2.24, 2.45) is 0 Å². The molecule has 2 aromatic rings. The molecule has 0 fully saturated rings. The largest absolute Gasteiger partial charge is 0.321 e. The van der Waals surface area contributed by atoms with Gasteiger partial charge in [-0.25, -0.2) is 4.39 Å². The molecule has 0 aliphatic heterocycles. The Kier molecular flexibility index (Phi) is 4.37. The number of halogens is 3. The van der Waals surface area contributed by atoms with Crippen LogP contribution in [0, 0.1) is 12.7 Å². The van der Waals surface area contributed by atoms with Gasteiger partial charge in [-0.3, -0.25) is 4.79 Å². The van der Waals surface area contributed by atoms with Gasteiger partial charge in [0.25, 0.3) is 5.91 Å². The summed E-state index contributed by atoms with van der Waals surface area (Å²) in [5, 5.41) is 2.68. The zero-order chi connectivity index (χ0) is 14.0. The van der Waals surface area contributed by atoms with Gasteiger partial charge in [0.05, 0.1) is 11.3 Å². The number of nitrogens with one attached hydrogen (secondary N) is 1. The Balaban J connectivity index is 2.28. The van der Waals surface area contributed by atoms with E-state index in [0.717, 1.165) is 10.0 Å². The second kappa shape index (κ2) is 5.84. The molecule has 0 radical (unpaired) electrons. The van der Waals surface area contributed by atoms with Crippen LogP contribution in [-0.2, 0) is 0 Å². The predicted octanol–water partition coefficient (Wildman–Crippen LogP) is 4.91. The van der Waals surface area contributed by atoms with Gasteiger partial charge in [0, 0.05) is 8.95 Å². The van der Waals surface area contributed by atoms with Crippen molar-refractivity contribution in [2.45, 2.75) is 6.92 Å². The van der Waals surface area contributed by atoms with Crippen LogP contribution in [0.25, 0.3) is 0 Å². The Hall–Kier alpha value is -1.20. The lowest BCUT2D eigenvalue weighted by Crippen LogP contribution is -2.14. The van der Waals surface area contributed by atoms with Gasteiger partial charge in [-0.2, -0.15) is 0 Å². The lowest BCUT2D eigenvalue weighted by atomic mass is 10.2. The minimum Gasteiger partial charge on any atom is -0.321 e. The molecule has 0 atom stereocenters. The fourth-order valence-electron chi connectivity index (χ4n) is 1.58. The highest BCUT2D eigenvalue weighted by Crippen LogP contribution is 2.24. The molecular formula is C14H10Br2FNO. The van der Waals surface area contributed by atoms with Crippen LogP contribution in [0.15, 0.2) is 45.3 Å². The number of amides is 1. The number of carbonyl (C=O) groups excluding carboxylic acids is 1. The fraction of sp³-hybridized carbons (Fsp3) is 0.0714.